The van der Waals surface area contributed by atoms with Gasteiger partial charge in [-0.3, -0.25) is 9.59 Å². The smallest absolute Gasteiger partial charge is 0.308 e. The predicted molar refractivity (Wildman–Crippen MR) is 141 cm³/mol. The molecule has 3 unspecified atom stereocenters. The number of ether oxygens (including phenoxy) is 2. The Bertz CT molecular complexity index is 982. The Hall–Kier alpha value is -3.20. The molecule has 2 aromatic rings. The lowest BCUT2D eigenvalue weighted by atomic mass is 9.83. The number of likely N-dealkylation sites (N-methyl/N-ethyl adjacent to an activating group) is 1. The highest BCUT2D eigenvalue weighted by atomic mass is 16.7. The molecule has 3 heterocycles. The molecule has 3 atom stereocenters. The van der Waals surface area contributed by atoms with Gasteiger partial charge in [-0.1, -0.05) is 32.8 Å². The van der Waals surface area contributed by atoms with Crippen molar-refractivity contribution in [2.75, 3.05) is 33.5 Å². The van der Waals surface area contributed by atoms with E-state index in [-0.39, 0.29) is 18.8 Å². The Balaban J connectivity index is 0.000000295. The van der Waals surface area contributed by atoms with Gasteiger partial charge in [-0.2, -0.15) is 0 Å². The molecule has 1 amide bonds. The number of likely N-dealkylation sites (tertiary alicyclic amines) is 1. The van der Waals surface area contributed by atoms with Gasteiger partial charge in [0.15, 0.2) is 11.5 Å². The van der Waals surface area contributed by atoms with E-state index in [4.69, 9.17) is 9.47 Å². The zero-order valence-electron chi connectivity index (χ0n) is 22.2. The second-order valence-corrected chi connectivity index (χ2v) is 9.64. The van der Waals surface area contributed by atoms with Crippen LogP contribution >= 0.6 is 0 Å². The number of aryl methyl sites for hydroxylation is 1. The van der Waals surface area contributed by atoms with Crippen molar-refractivity contribution in [1.82, 2.24) is 19.8 Å². The molecule has 0 aliphatic carbocycles. The van der Waals surface area contributed by atoms with Crippen molar-refractivity contribution in [3.8, 4) is 11.5 Å². The Morgan fingerprint density at radius 2 is 1.81 bits per heavy atom. The van der Waals surface area contributed by atoms with Crippen LogP contribution in [0.1, 0.15) is 63.3 Å². The fourth-order valence-electron chi connectivity index (χ4n) is 4.97. The molecule has 202 valence electrons. The number of carboxylic acid groups (broad SMARTS) is 1. The van der Waals surface area contributed by atoms with Gasteiger partial charge in [0.1, 0.15) is 5.82 Å². The van der Waals surface area contributed by atoms with Crippen LogP contribution in [0, 0.1) is 5.92 Å². The molecule has 0 spiro atoms. The van der Waals surface area contributed by atoms with Crippen molar-refractivity contribution in [2.45, 2.75) is 64.3 Å². The third-order valence-electron chi connectivity index (χ3n) is 7.04. The number of benzene rings is 1. The third kappa shape index (κ3) is 7.89. The number of aliphatic carboxylic acids is 1. The van der Waals surface area contributed by atoms with Crippen molar-refractivity contribution < 1.29 is 24.2 Å². The standard InChI is InChI=1S/C19H21N3O4.C9H19NO/c1-22-10-13(12-3-5-15-16(9-12)26-11-25-15)18(19(23)24)14(22)4-6-17-20-7-2-8-21-17;1-3-5-7-10(9-11)8-6-4-2/h2-3,5,7-9,13-14,18H,4,6,10-11H2,1H3,(H,23,24);9H,3-8H2,1-2H3. The third-order valence-corrected chi connectivity index (χ3v) is 7.04. The molecule has 2 aliphatic rings. The maximum Gasteiger partial charge on any atom is 0.308 e. The first-order valence-electron chi connectivity index (χ1n) is 13.3. The van der Waals surface area contributed by atoms with Crippen molar-refractivity contribution in [3.05, 3.63) is 48.0 Å². The number of carbonyl (C=O) groups is 2. The van der Waals surface area contributed by atoms with Crippen LogP contribution in [0.2, 0.25) is 0 Å². The van der Waals surface area contributed by atoms with E-state index in [0.29, 0.717) is 30.9 Å². The Morgan fingerprint density at radius 3 is 2.43 bits per heavy atom. The summed E-state index contributed by atoms with van der Waals surface area (Å²) in [6.45, 7) is 7.05. The molecule has 2 aliphatic heterocycles. The number of nitrogens with zero attached hydrogens (tertiary/aromatic N) is 4. The van der Waals surface area contributed by atoms with Gasteiger partial charge < -0.3 is 24.4 Å². The lowest BCUT2D eigenvalue weighted by Crippen LogP contribution is -2.34. The highest BCUT2D eigenvalue weighted by molar-refractivity contribution is 5.73. The lowest BCUT2D eigenvalue weighted by molar-refractivity contribution is -0.143. The molecule has 1 aromatic carbocycles. The number of rotatable bonds is 12. The summed E-state index contributed by atoms with van der Waals surface area (Å²) in [7, 11) is 1.99. The molecule has 0 saturated carbocycles. The fraction of sp³-hybridized carbons (Fsp3) is 0.571. The summed E-state index contributed by atoms with van der Waals surface area (Å²) in [6.07, 6.45) is 10.3. The Labute approximate surface area is 219 Å². The van der Waals surface area contributed by atoms with Crippen LogP contribution in [0.4, 0.5) is 0 Å². The monoisotopic (exact) mass is 512 g/mol. The molecule has 37 heavy (non-hydrogen) atoms. The minimum atomic E-state index is -0.768. The van der Waals surface area contributed by atoms with Crippen LogP contribution in [0.25, 0.3) is 0 Å². The summed E-state index contributed by atoms with van der Waals surface area (Å²) >= 11 is 0. The number of carboxylic acids is 1. The number of aromatic nitrogens is 2. The SMILES string of the molecule is CCCCN(C=O)CCCC.CN1CC(c2ccc3c(c2)OCO3)C(C(=O)O)C1CCc1ncccn1. The summed E-state index contributed by atoms with van der Waals surface area (Å²) in [6, 6.07) is 7.44. The number of fused-ring (bicyclic) bond motifs is 1. The highest BCUT2D eigenvalue weighted by Crippen LogP contribution is 2.42. The van der Waals surface area contributed by atoms with Crippen molar-refractivity contribution in [3.63, 3.8) is 0 Å². The van der Waals surface area contributed by atoms with Crippen LogP contribution in [0.3, 0.4) is 0 Å². The van der Waals surface area contributed by atoms with E-state index in [9.17, 15) is 14.7 Å². The van der Waals surface area contributed by atoms with E-state index < -0.39 is 11.9 Å². The van der Waals surface area contributed by atoms with Crippen LogP contribution in [0.15, 0.2) is 36.7 Å². The predicted octanol–water partition coefficient (Wildman–Crippen LogP) is 3.98. The normalized spacial score (nSPS) is 20.2. The van der Waals surface area contributed by atoms with E-state index in [2.05, 4.69) is 28.7 Å². The van der Waals surface area contributed by atoms with Gasteiger partial charge in [0.2, 0.25) is 13.2 Å². The molecule has 4 rings (SSSR count). The van der Waals surface area contributed by atoms with Crippen LogP contribution in [-0.4, -0.2) is 76.8 Å². The van der Waals surface area contributed by atoms with E-state index in [1.54, 1.807) is 18.5 Å². The number of unbranched alkanes of at least 4 members (excludes halogenated alkanes) is 2. The molecule has 1 N–H and O–H groups in total. The van der Waals surface area contributed by atoms with Crippen LogP contribution < -0.4 is 9.47 Å². The van der Waals surface area contributed by atoms with E-state index >= 15 is 0 Å². The Morgan fingerprint density at radius 1 is 1.14 bits per heavy atom. The lowest BCUT2D eigenvalue weighted by Gasteiger charge is -2.23. The maximum atomic E-state index is 12.1. The number of carbonyl (C=O) groups excluding carboxylic acids is 1. The quantitative estimate of drug-likeness (QED) is 0.426. The number of amides is 1. The van der Waals surface area contributed by atoms with E-state index in [1.807, 2.05) is 30.1 Å². The summed E-state index contributed by atoms with van der Waals surface area (Å²) in [4.78, 5) is 35.0. The minimum absolute atomic E-state index is 0.0632. The first kappa shape index (κ1) is 28.4. The van der Waals surface area contributed by atoms with Gasteiger partial charge in [-0.15, -0.1) is 0 Å². The van der Waals surface area contributed by atoms with Gasteiger partial charge in [-0.05, 0) is 50.1 Å². The van der Waals surface area contributed by atoms with Gasteiger partial charge >= 0.3 is 5.97 Å². The zero-order chi connectivity index (χ0) is 26.6. The maximum absolute atomic E-state index is 12.1. The topological polar surface area (TPSA) is 105 Å². The average Bonchev–Trinajstić information content (AvgIpc) is 3.52. The number of hydrogen-bond donors (Lipinski definition) is 1. The summed E-state index contributed by atoms with van der Waals surface area (Å²) in [5.74, 6) is 0.811. The van der Waals surface area contributed by atoms with Gasteiger partial charge in [0.05, 0.1) is 5.92 Å². The summed E-state index contributed by atoms with van der Waals surface area (Å²) in [5, 5.41) is 9.91. The van der Waals surface area contributed by atoms with E-state index in [1.165, 1.54) is 0 Å². The molecular formula is C28H40N4O5. The molecule has 0 bridgehead atoms. The van der Waals surface area contributed by atoms with Gasteiger partial charge in [0.25, 0.3) is 0 Å². The second kappa shape index (κ2) is 14.5. The average molecular weight is 513 g/mol. The van der Waals surface area contributed by atoms with Crippen molar-refractivity contribution in [1.29, 1.82) is 0 Å². The molecule has 1 aromatic heterocycles. The second-order valence-electron chi connectivity index (χ2n) is 9.64. The Kier molecular flexibility index (Phi) is 11.1. The van der Waals surface area contributed by atoms with E-state index in [0.717, 1.165) is 56.6 Å². The summed E-state index contributed by atoms with van der Waals surface area (Å²) < 4.78 is 10.8. The number of hydrogen-bond acceptors (Lipinski definition) is 7. The van der Waals surface area contributed by atoms with Gasteiger partial charge in [-0.25, -0.2) is 9.97 Å². The largest absolute Gasteiger partial charge is 0.481 e. The zero-order valence-corrected chi connectivity index (χ0v) is 22.2. The van der Waals surface area contributed by atoms with Crippen LogP contribution in [-0.2, 0) is 16.0 Å². The highest BCUT2D eigenvalue weighted by Gasteiger charge is 2.45. The first-order valence-corrected chi connectivity index (χ1v) is 13.3. The molecular weight excluding hydrogens is 472 g/mol. The van der Waals surface area contributed by atoms with Crippen LogP contribution in [0.5, 0.6) is 11.5 Å². The first-order chi connectivity index (χ1) is 18.0. The molecule has 9 heteroatoms. The summed E-state index contributed by atoms with van der Waals surface area (Å²) in [5.41, 5.74) is 0.979. The van der Waals surface area contributed by atoms with Crippen molar-refractivity contribution in [2.24, 2.45) is 5.92 Å². The molecule has 0 radical (unpaired) electrons. The van der Waals surface area contributed by atoms with Gasteiger partial charge in [0, 0.05) is 50.4 Å². The molecule has 1 fully saturated rings. The van der Waals surface area contributed by atoms with Crippen molar-refractivity contribution >= 4 is 12.4 Å². The molecule has 9 nitrogen and oxygen atoms in total. The molecule has 1 saturated heterocycles. The minimum Gasteiger partial charge on any atom is -0.481 e. The fourth-order valence-corrected chi connectivity index (χ4v) is 4.97.